The molecule has 220 valence electrons. The largest absolute Gasteiger partial charge is 0.487 e. The third-order valence-electron chi connectivity index (χ3n) is 8.49. The van der Waals surface area contributed by atoms with Gasteiger partial charge in [-0.1, -0.05) is 25.5 Å². The van der Waals surface area contributed by atoms with Gasteiger partial charge in [0.15, 0.2) is 5.96 Å². The molecule has 0 spiro atoms. The van der Waals surface area contributed by atoms with Crippen molar-refractivity contribution in [1.29, 1.82) is 0 Å². The lowest BCUT2D eigenvalue weighted by atomic mass is 9.84. The van der Waals surface area contributed by atoms with Crippen molar-refractivity contribution in [1.82, 2.24) is 10.2 Å². The minimum Gasteiger partial charge on any atom is -0.487 e. The Labute approximate surface area is 239 Å². The van der Waals surface area contributed by atoms with Gasteiger partial charge in [-0.3, -0.25) is 14.5 Å². The second kappa shape index (κ2) is 10.9. The summed E-state index contributed by atoms with van der Waals surface area (Å²) in [5.74, 6) is -0.0136. The first kappa shape index (κ1) is 28.8. The zero-order chi connectivity index (χ0) is 29.5. The topological polar surface area (TPSA) is 106 Å². The number of hydrogen-bond acceptors (Lipinski definition) is 6. The minimum atomic E-state index is -3.09. The van der Waals surface area contributed by atoms with Crippen molar-refractivity contribution < 1.29 is 27.8 Å². The first-order chi connectivity index (χ1) is 19.4. The first-order valence-electron chi connectivity index (χ1n) is 14.3. The van der Waals surface area contributed by atoms with Crippen LogP contribution in [0, 0.1) is 0 Å². The summed E-state index contributed by atoms with van der Waals surface area (Å²) in [4.78, 5) is 33.4. The third kappa shape index (κ3) is 6.01. The van der Waals surface area contributed by atoms with Crippen LogP contribution in [-0.4, -0.2) is 40.4 Å². The molecule has 3 atom stereocenters. The summed E-state index contributed by atoms with van der Waals surface area (Å²) in [6.45, 7) is 4.59. The average Bonchev–Trinajstić information content (AvgIpc) is 2.89. The highest BCUT2D eigenvalue weighted by Gasteiger charge is 2.40. The van der Waals surface area contributed by atoms with Crippen molar-refractivity contribution in [3.05, 3.63) is 58.7 Å². The molecule has 0 saturated carbocycles. The highest BCUT2D eigenvalue weighted by atomic mass is 19.3. The number of halogens is 2. The second-order valence-corrected chi connectivity index (χ2v) is 12.0. The van der Waals surface area contributed by atoms with E-state index in [2.05, 4.69) is 11.4 Å². The molecule has 6 rings (SSSR count). The van der Waals surface area contributed by atoms with Crippen LogP contribution in [0.1, 0.15) is 105 Å². The number of fused-ring (bicyclic) bond motifs is 5. The van der Waals surface area contributed by atoms with Gasteiger partial charge < -0.3 is 20.5 Å². The SMILES string of the molecule is CC[C@@]12CCCCc3ccc4c(c3)[C@H](CC(C)(C)O4)NC(=O)c3cc(OC(F)F)cc(c3)[C@@H](C)N(C(=O)C1)C(N)=N2. The monoisotopic (exact) mass is 568 g/mol. The van der Waals surface area contributed by atoms with Gasteiger partial charge in [0.2, 0.25) is 5.91 Å². The number of amides is 2. The van der Waals surface area contributed by atoms with Crippen LogP contribution >= 0.6 is 0 Å². The molecule has 8 nitrogen and oxygen atoms in total. The summed E-state index contributed by atoms with van der Waals surface area (Å²) in [5, 5.41) is 3.10. The molecule has 2 aromatic carbocycles. The quantitative estimate of drug-likeness (QED) is 0.487. The van der Waals surface area contributed by atoms with Crippen LogP contribution in [0.5, 0.6) is 11.5 Å². The molecule has 41 heavy (non-hydrogen) atoms. The summed E-state index contributed by atoms with van der Waals surface area (Å²) >= 11 is 0. The molecule has 0 aliphatic carbocycles. The Morgan fingerprint density at radius 3 is 2.68 bits per heavy atom. The van der Waals surface area contributed by atoms with Crippen LogP contribution in [0.15, 0.2) is 41.4 Å². The van der Waals surface area contributed by atoms with Gasteiger partial charge in [0.1, 0.15) is 17.1 Å². The van der Waals surface area contributed by atoms with Crippen molar-refractivity contribution >= 4 is 17.8 Å². The Balaban J connectivity index is 1.61. The molecule has 0 fully saturated rings. The Kier molecular flexibility index (Phi) is 7.70. The number of nitrogens with one attached hydrogen (secondary N) is 1. The normalized spacial score (nSPS) is 26.0. The minimum absolute atomic E-state index is 0.0903. The number of aryl methyl sites for hydroxylation is 1. The molecule has 4 aliphatic heterocycles. The average molecular weight is 569 g/mol. The molecule has 2 amide bonds. The summed E-state index contributed by atoms with van der Waals surface area (Å²) < 4.78 is 37.5. The van der Waals surface area contributed by atoms with Crippen molar-refractivity contribution in [3.63, 3.8) is 0 Å². The van der Waals surface area contributed by atoms with Crippen molar-refractivity contribution in [2.75, 3.05) is 0 Å². The van der Waals surface area contributed by atoms with E-state index in [1.165, 1.54) is 17.0 Å². The van der Waals surface area contributed by atoms with E-state index < -0.39 is 29.7 Å². The highest BCUT2D eigenvalue weighted by molar-refractivity contribution is 6.00. The Hall–Kier alpha value is -3.69. The smallest absolute Gasteiger partial charge is 0.387 e. The van der Waals surface area contributed by atoms with E-state index in [1.54, 1.807) is 13.0 Å². The number of benzene rings is 2. The zero-order valence-corrected chi connectivity index (χ0v) is 24.0. The summed E-state index contributed by atoms with van der Waals surface area (Å²) in [7, 11) is 0. The van der Waals surface area contributed by atoms with E-state index in [9.17, 15) is 18.4 Å². The van der Waals surface area contributed by atoms with Gasteiger partial charge in [-0.25, -0.2) is 4.99 Å². The summed E-state index contributed by atoms with van der Waals surface area (Å²) in [5.41, 5.74) is 7.86. The van der Waals surface area contributed by atoms with E-state index in [0.29, 0.717) is 24.2 Å². The number of rotatable bonds is 3. The number of carbonyl (C=O) groups is 2. The van der Waals surface area contributed by atoms with Gasteiger partial charge >= 0.3 is 6.61 Å². The molecule has 2 aromatic rings. The Morgan fingerprint density at radius 1 is 1.20 bits per heavy atom. The predicted octanol–water partition coefficient (Wildman–Crippen LogP) is 5.80. The maximum absolute atomic E-state index is 13.7. The molecule has 0 saturated heterocycles. The van der Waals surface area contributed by atoms with Crippen LogP contribution in [0.3, 0.4) is 0 Å². The van der Waals surface area contributed by atoms with Crippen molar-refractivity contribution in [2.45, 2.75) is 102 Å². The molecule has 0 aromatic heterocycles. The number of hydrogen-bond donors (Lipinski definition) is 2. The molecule has 0 radical (unpaired) electrons. The standard InChI is InChI=1S/C31H38F2N4O4/c1-5-31-11-7-6-8-19-9-10-25-23(12-19)24(16-30(3,4)41-25)35-27(39)21-13-20(14-22(15-21)40-28(32)33)18(2)37(26(38)17-31)29(34)36-31/h9-10,12-15,18,24,28H,5-8,11,16-17H2,1-4H3,(H2,34,36)(H,35,39)/t18-,24+,31-/m1/s1. The van der Waals surface area contributed by atoms with Crippen LogP contribution in [0.2, 0.25) is 0 Å². The fraction of sp³-hybridized carbons (Fsp3) is 0.516. The van der Waals surface area contributed by atoms with Crippen LogP contribution in [-0.2, 0) is 11.2 Å². The van der Waals surface area contributed by atoms with Crippen molar-refractivity contribution in [3.8, 4) is 11.5 Å². The zero-order valence-electron chi connectivity index (χ0n) is 24.0. The predicted molar refractivity (Wildman–Crippen MR) is 151 cm³/mol. The van der Waals surface area contributed by atoms with E-state index in [0.717, 1.165) is 36.8 Å². The van der Waals surface area contributed by atoms with Gasteiger partial charge in [0, 0.05) is 17.5 Å². The molecular weight excluding hydrogens is 530 g/mol. The number of nitrogens with zero attached hydrogens (tertiary/aromatic N) is 2. The lowest BCUT2D eigenvalue weighted by molar-refractivity contribution is -0.131. The summed E-state index contributed by atoms with van der Waals surface area (Å²) in [6, 6.07) is 9.34. The number of alkyl halides is 2. The van der Waals surface area contributed by atoms with E-state index >= 15 is 0 Å². The van der Waals surface area contributed by atoms with Crippen molar-refractivity contribution in [2.24, 2.45) is 10.7 Å². The highest BCUT2D eigenvalue weighted by Crippen LogP contribution is 2.41. The van der Waals surface area contributed by atoms with E-state index in [1.807, 2.05) is 32.9 Å². The first-order valence-corrected chi connectivity index (χ1v) is 14.3. The Morgan fingerprint density at radius 2 is 1.98 bits per heavy atom. The number of ether oxygens (including phenoxy) is 2. The molecule has 3 N–H and O–H groups in total. The van der Waals surface area contributed by atoms with E-state index in [-0.39, 0.29) is 35.6 Å². The maximum atomic E-state index is 13.7. The molecular formula is C31H38F2N4O4. The third-order valence-corrected chi connectivity index (χ3v) is 8.49. The lowest BCUT2D eigenvalue weighted by Gasteiger charge is -2.40. The van der Waals surface area contributed by atoms with Gasteiger partial charge in [-0.05, 0) is 81.8 Å². The lowest BCUT2D eigenvalue weighted by Crippen LogP contribution is -2.52. The molecule has 10 heteroatoms. The van der Waals surface area contributed by atoms with Crippen LogP contribution in [0.25, 0.3) is 0 Å². The van der Waals surface area contributed by atoms with Crippen LogP contribution in [0.4, 0.5) is 8.78 Å². The molecule has 6 bridgehead atoms. The van der Waals surface area contributed by atoms with Gasteiger partial charge in [-0.2, -0.15) is 8.78 Å². The van der Waals surface area contributed by atoms with Crippen LogP contribution < -0.4 is 20.5 Å². The summed E-state index contributed by atoms with van der Waals surface area (Å²) in [6.07, 6.45) is 4.71. The van der Waals surface area contributed by atoms with Gasteiger partial charge in [0.25, 0.3) is 5.91 Å². The molecule has 4 aliphatic rings. The fourth-order valence-electron chi connectivity index (χ4n) is 6.30. The van der Waals surface area contributed by atoms with Gasteiger partial charge in [-0.15, -0.1) is 0 Å². The van der Waals surface area contributed by atoms with E-state index in [4.69, 9.17) is 20.2 Å². The molecule has 0 unspecified atom stereocenters. The number of nitrogens with two attached hydrogens (primary N) is 1. The van der Waals surface area contributed by atoms with Gasteiger partial charge in [0.05, 0.1) is 24.0 Å². The molecule has 4 heterocycles. The Bertz CT molecular complexity index is 1380. The number of carbonyl (C=O) groups excluding carboxylic acids is 2. The second-order valence-electron chi connectivity index (χ2n) is 12.0. The number of guanidine groups is 1. The number of aliphatic imine (C=N–C) groups is 1. The fourth-order valence-corrected chi connectivity index (χ4v) is 6.30. The maximum Gasteiger partial charge on any atom is 0.387 e.